The quantitative estimate of drug-likeness (QED) is 0.691. The summed E-state index contributed by atoms with van der Waals surface area (Å²) >= 11 is 0. The monoisotopic (exact) mass is 303 g/mol. The van der Waals surface area contributed by atoms with Gasteiger partial charge in [0.1, 0.15) is 11.5 Å². The fourth-order valence-electron chi connectivity index (χ4n) is 2.35. The molecule has 1 N–H and O–H groups in total. The van der Waals surface area contributed by atoms with E-state index in [1.54, 1.807) is 13.3 Å². The second-order valence-electron chi connectivity index (χ2n) is 5.06. The van der Waals surface area contributed by atoms with Crippen LogP contribution in [0.3, 0.4) is 0 Å². The van der Waals surface area contributed by atoms with Gasteiger partial charge >= 0.3 is 0 Å². The Morgan fingerprint density at radius 2 is 1.74 bits per heavy atom. The van der Waals surface area contributed by atoms with Crippen LogP contribution in [-0.2, 0) is 0 Å². The van der Waals surface area contributed by atoms with E-state index >= 15 is 0 Å². The van der Waals surface area contributed by atoms with Crippen molar-refractivity contribution in [1.82, 2.24) is 0 Å². The van der Waals surface area contributed by atoms with Gasteiger partial charge in [-0.2, -0.15) is 0 Å². The first-order valence-corrected chi connectivity index (χ1v) is 7.33. The van der Waals surface area contributed by atoms with Crippen molar-refractivity contribution in [2.24, 2.45) is 4.99 Å². The number of aliphatic imine (C=N–C) groups is 1. The largest absolute Gasteiger partial charge is 0.507 e. The molecule has 0 amide bonds. The van der Waals surface area contributed by atoms with Crippen molar-refractivity contribution < 1.29 is 9.84 Å². The van der Waals surface area contributed by atoms with Crippen molar-refractivity contribution in [3.05, 3.63) is 72.3 Å². The molecule has 3 nitrogen and oxygen atoms in total. The lowest BCUT2D eigenvalue weighted by Gasteiger charge is -2.03. The maximum absolute atomic E-state index is 10.3. The first-order chi connectivity index (χ1) is 11.3. The van der Waals surface area contributed by atoms with Crippen molar-refractivity contribution in [3.8, 4) is 11.5 Å². The van der Waals surface area contributed by atoms with Gasteiger partial charge in [-0.3, -0.25) is 4.99 Å². The number of benzene rings is 3. The van der Waals surface area contributed by atoms with E-state index in [-0.39, 0.29) is 5.75 Å². The standard InChI is InChI=1S/C20H17NO2/c1-23-18-12-10-17(11-13-18)21-14-4-6-16-9-8-15-5-2-3-7-19(15)20(16)22/h2-14,22H,1H3. The van der Waals surface area contributed by atoms with Crippen LogP contribution in [0.1, 0.15) is 5.56 Å². The van der Waals surface area contributed by atoms with Crippen LogP contribution < -0.4 is 4.74 Å². The number of ether oxygens (including phenoxy) is 1. The molecule has 0 aliphatic heterocycles. The van der Waals surface area contributed by atoms with Crippen LogP contribution in [0.2, 0.25) is 0 Å². The zero-order chi connectivity index (χ0) is 16.1. The van der Waals surface area contributed by atoms with E-state index in [1.807, 2.05) is 72.8 Å². The molecule has 0 unspecified atom stereocenters. The Labute approximate surface area is 135 Å². The zero-order valence-corrected chi connectivity index (χ0v) is 12.8. The summed E-state index contributed by atoms with van der Waals surface area (Å²) in [6.45, 7) is 0. The molecule has 0 saturated carbocycles. The molecule has 0 bridgehead atoms. The molecule has 3 aromatic rings. The molecule has 3 heteroatoms. The maximum atomic E-state index is 10.3. The van der Waals surface area contributed by atoms with E-state index in [4.69, 9.17) is 4.74 Å². The highest BCUT2D eigenvalue weighted by atomic mass is 16.5. The van der Waals surface area contributed by atoms with Gasteiger partial charge in [-0.05, 0) is 41.8 Å². The summed E-state index contributed by atoms with van der Waals surface area (Å²) in [6.07, 6.45) is 5.36. The molecule has 0 aliphatic carbocycles. The second-order valence-corrected chi connectivity index (χ2v) is 5.06. The number of aromatic hydroxyl groups is 1. The van der Waals surface area contributed by atoms with Crippen LogP contribution in [0.4, 0.5) is 5.69 Å². The Morgan fingerprint density at radius 1 is 0.957 bits per heavy atom. The van der Waals surface area contributed by atoms with Gasteiger partial charge in [0.2, 0.25) is 0 Å². The summed E-state index contributed by atoms with van der Waals surface area (Å²) in [5, 5.41) is 12.2. The molecule has 0 heterocycles. The minimum absolute atomic E-state index is 0.289. The predicted molar refractivity (Wildman–Crippen MR) is 95.8 cm³/mol. The molecule has 0 atom stereocenters. The van der Waals surface area contributed by atoms with Gasteiger partial charge in [-0.1, -0.05) is 36.4 Å². The zero-order valence-electron chi connectivity index (χ0n) is 12.8. The summed E-state index contributed by atoms with van der Waals surface area (Å²) in [5.41, 5.74) is 1.61. The van der Waals surface area contributed by atoms with E-state index in [2.05, 4.69) is 4.99 Å². The minimum Gasteiger partial charge on any atom is -0.507 e. The molecule has 3 aromatic carbocycles. The molecule has 114 valence electrons. The Balaban J connectivity index is 1.77. The lowest BCUT2D eigenvalue weighted by Crippen LogP contribution is -1.80. The van der Waals surface area contributed by atoms with Crippen LogP contribution in [-0.4, -0.2) is 18.4 Å². The first-order valence-electron chi connectivity index (χ1n) is 7.33. The van der Waals surface area contributed by atoms with Crippen LogP contribution in [0.15, 0.2) is 71.7 Å². The van der Waals surface area contributed by atoms with Gasteiger partial charge < -0.3 is 9.84 Å². The van der Waals surface area contributed by atoms with E-state index in [0.29, 0.717) is 0 Å². The number of hydrogen-bond donors (Lipinski definition) is 1. The highest BCUT2D eigenvalue weighted by Gasteiger charge is 2.02. The van der Waals surface area contributed by atoms with E-state index in [1.165, 1.54) is 0 Å². The van der Waals surface area contributed by atoms with Gasteiger partial charge in [0.05, 0.1) is 12.8 Å². The third-order valence-corrected chi connectivity index (χ3v) is 3.59. The second kappa shape index (κ2) is 6.79. The number of phenols is 1. The van der Waals surface area contributed by atoms with Gasteiger partial charge in [0.25, 0.3) is 0 Å². The molecule has 0 aromatic heterocycles. The molecular formula is C20H17NO2. The van der Waals surface area contributed by atoms with Crippen molar-refractivity contribution in [2.45, 2.75) is 0 Å². The number of hydrogen-bond acceptors (Lipinski definition) is 3. The Hall–Kier alpha value is -3.07. The van der Waals surface area contributed by atoms with Gasteiger partial charge in [-0.15, -0.1) is 0 Å². The highest BCUT2D eigenvalue weighted by Crippen LogP contribution is 2.29. The van der Waals surface area contributed by atoms with Crippen molar-refractivity contribution in [3.63, 3.8) is 0 Å². The van der Waals surface area contributed by atoms with Gasteiger partial charge in [-0.25, -0.2) is 0 Å². The van der Waals surface area contributed by atoms with E-state index < -0.39 is 0 Å². The molecule has 3 rings (SSSR count). The lowest BCUT2D eigenvalue weighted by atomic mass is 10.1. The summed E-state index contributed by atoms with van der Waals surface area (Å²) in [4.78, 5) is 4.34. The van der Waals surface area contributed by atoms with Crippen LogP contribution in [0, 0.1) is 0 Å². The average Bonchev–Trinajstić information content (AvgIpc) is 2.61. The van der Waals surface area contributed by atoms with E-state index in [9.17, 15) is 5.11 Å². The molecule has 23 heavy (non-hydrogen) atoms. The Morgan fingerprint density at radius 3 is 2.52 bits per heavy atom. The fraction of sp³-hybridized carbons (Fsp3) is 0.0500. The molecular weight excluding hydrogens is 286 g/mol. The topological polar surface area (TPSA) is 41.8 Å². The Kier molecular flexibility index (Phi) is 4.39. The van der Waals surface area contributed by atoms with Crippen LogP contribution in [0.25, 0.3) is 16.8 Å². The Bertz CT molecular complexity index is 864. The SMILES string of the molecule is COc1ccc(N=CC=Cc2ccc3ccccc3c2O)cc1. The summed E-state index contributed by atoms with van der Waals surface area (Å²) in [5.74, 6) is 1.10. The number of allylic oxidation sites excluding steroid dienone is 1. The number of phenolic OH excluding ortho intramolecular Hbond substituents is 1. The average molecular weight is 303 g/mol. The summed E-state index contributed by atoms with van der Waals surface area (Å²) < 4.78 is 5.11. The minimum atomic E-state index is 0.289. The van der Waals surface area contributed by atoms with Gasteiger partial charge in [0, 0.05) is 17.2 Å². The normalized spacial score (nSPS) is 11.5. The maximum Gasteiger partial charge on any atom is 0.130 e. The van der Waals surface area contributed by atoms with Crippen LogP contribution >= 0.6 is 0 Å². The first kappa shape index (κ1) is 14.9. The highest BCUT2D eigenvalue weighted by molar-refractivity contribution is 5.92. The molecule has 0 spiro atoms. The summed E-state index contributed by atoms with van der Waals surface area (Å²) in [7, 11) is 1.64. The van der Waals surface area contributed by atoms with Crippen molar-refractivity contribution >= 4 is 28.8 Å². The number of fused-ring (bicyclic) bond motifs is 1. The van der Waals surface area contributed by atoms with Crippen LogP contribution in [0.5, 0.6) is 11.5 Å². The molecule has 0 fully saturated rings. The summed E-state index contributed by atoms with van der Waals surface area (Å²) in [6, 6.07) is 19.2. The molecule has 0 saturated heterocycles. The molecule has 0 aliphatic rings. The van der Waals surface area contributed by atoms with Crippen molar-refractivity contribution in [2.75, 3.05) is 7.11 Å². The lowest BCUT2D eigenvalue weighted by molar-refractivity contribution is 0.415. The molecule has 0 radical (unpaired) electrons. The number of nitrogens with zero attached hydrogens (tertiary/aromatic N) is 1. The predicted octanol–water partition coefficient (Wildman–Crippen LogP) is 4.97. The third kappa shape index (κ3) is 3.40. The fourth-order valence-corrected chi connectivity index (χ4v) is 2.35. The smallest absolute Gasteiger partial charge is 0.130 e. The third-order valence-electron chi connectivity index (χ3n) is 3.59. The van der Waals surface area contributed by atoms with Crippen molar-refractivity contribution in [1.29, 1.82) is 0 Å². The number of methoxy groups -OCH3 is 1. The van der Waals surface area contributed by atoms with Gasteiger partial charge in [0.15, 0.2) is 0 Å². The van der Waals surface area contributed by atoms with E-state index in [0.717, 1.165) is 27.8 Å². The number of rotatable bonds is 4.